The molecule has 0 saturated carbocycles. The van der Waals surface area contributed by atoms with Crippen LogP contribution in [-0.2, 0) is 0 Å². The van der Waals surface area contributed by atoms with Crippen LogP contribution in [0, 0.1) is 0 Å². The fourth-order valence-electron chi connectivity index (χ4n) is 2.53. The molecule has 3 aromatic carbocycles. The minimum atomic E-state index is -0.221. The molecule has 4 nitrogen and oxygen atoms in total. The van der Waals surface area contributed by atoms with E-state index in [-0.39, 0.29) is 5.91 Å². The molecule has 27 heavy (non-hydrogen) atoms. The molecule has 0 unspecified atom stereocenters. The largest absolute Gasteiger partial charge is 0.280 e. The second-order valence-corrected chi connectivity index (χ2v) is 7.67. The number of aromatic nitrogens is 1. The predicted octanol–water partition coefficient (Wildman–Crippen LogP) is 5.74. The molecule has 4 aromatic rings. The average molecular weight is 436 g/mol. The Morgan fingerprint density at radius 2 is 1.70 bits per heavy atom. The maximum absolute atomic E-state index is 13.1. The van der Waals surface area contributed by atoms with Gasteiger partial charge in [-0.25, -0.2) is 4.98 Å². The Hall–Kier alpha value is -2.83. The van der Waals surface area contributed by atoms with Gasteiger partial charge in [-0.3, -0.25) is 4.79 Å². The molecule has 1 amide bonds. The van der Waals surface area contributed by atoms with Crippen LogP contribution in [0.25, 0.3) is 10.2 Å². The summed E-state index contributed by atoms with van der Waals surface area (Å²) in [5, 5.41) is 6.35. The van der Waals surface area contributed by atoms with Gasteiger partial charge >= 0.3 is 0 Å². The van der Waals surface area contributed by atoms with E-state index in [0.29, 0.717) is 10.7 Å². The summed E-state index contributed by atoms with van der Waals surface area (Å²) in [4.78, 5) is 17.7. The molecule has 0 fully saturated rings. The standard InChI is InChI=1S/C21H14BrN3OS/c22-17-11-12-18-19(13-17)27-21(24-18)25(20(26)16-9-5-2-6-10-16)23-14-15-7-3-1-4-8-15/h1-14H/b23-14+. The normalized spacial score (nSPS) is 11.1. The third-order valence-corrected chi connectivity index (χ3v) is 5.34. The zero-order valence-corrected chi connectivity index (χ0v) is 16.5. The summed E-state index contributed by atoms with van der Waals surface area (Å²) in [5.41, 5.74) is 2.30. The number of anilines is 1. The van der Waals surface area contributed by atoms with Crippen molar-refractivity contribution >= 4 is 54.7 Å². The van der Waals surface area contributed by atoms with Gasteiger partial charge in [0.1, 0.15) is 0 Å². The van der Waals surface area contributed by atoms with Gasteiger partial charge < -0.3 is 0 Å². The number of fused-ring (bicyclic) bond motifs is 1. The van der Waals surface area contributed by atoms with Crippen LogP contribution in [0.4, 0.5) is 5.13 Å². The van der Waals surface area contributed by atoms with Crippen LogP contribution >= 0.6 is 27.3 Å². The summed E-state index contributed by atoms with van der Waals surface area (Å²) in [6.07, 6.45) is 1.67. The van der Waals surface area contributed by atoms with Crippen LogP contribution in [0.3, 0.4) is 0 Å². The number of carbonyl (C=O) groups is 1. The lowest BCUT2D eigenvalue weighted by Crippen LogP contribution is -2.25. The highest BCUT2D eigenvalue weighted by molar-refractivity contribution is 9.10. The molecule has 0 aliphatic rings. The van der Waals surface area contributed by atoms with Crippen LogP contribution in [0.15, 0.2) is 88.4 Å². The second kappa shape index (κ2) is 7.82. The first kappa shape index (κ1) is 17.6. The van der Waals surface area contributed by atoms with E-state index in [4.69, 9.17) is 0 Å². The molecule has 4 rings (SSSR count). The number of hydrazone groups is 1. The number of nitrogens with zero attached hydrogens (tertiary/aromatic N) is 3. The Bertz CT molecular complexity index is 1110. The zero-order valence-electron chi connectivity index (χ0n) is 14.1. The lowest BCUT2D eigenvalue weighted by Gasteiger charge is -2.13. The molecule has 132 valence electrons. The van der Waals surface area contributed by atoms with Crippen molar-refractivity contribution < 1.29 is 4.79 Å². The molecule has 0 saturated heterocycles. The Kier molecular flexibility index (Phi) is 5.09. The lowest BCUT2D eigenvalue weighted by atomic mass is 10.2. The first-order valence-corrected chi connectivity index (χ1v) is 9.86. The molecule has 6 heteroatoms. The van der Waals surface area contributed by atoms with Crippen molar-refractivity contribution in [2.45, 2.75) is 0 Å². The molecule has 0 bridgehead atoms. The summed E-state index contributed by atoms with van der Waals surface area (Å²) in [6, 6.07) is 24.6. The molecule has 0 aliphatic heterocycles. The molecule has 0 atom stereocenters. The van der Waals surface area contributed by atoms with E-state index in [1.807, 2.05) is 66.7 Å². The van der Waals surface area contributed by atoms with E-state index in [9.17, 15) is 4.79 Å². The third-order valence-electron chi connectivity index (χ3n) is 3.86. The van der Waals surface area contributed by atoms with E-state index in [0.717, 1.165) is 20.3 Å². The maximum Gasteiger partial charge on any atom is 0.280 e. The Balaban J connectivity index is 1.76. The van der Waals surface area contributed by atoms with Crippen molar-refractivity contribution in [2.75, 3.05) is 5.01 Å². The second-order valence-electron chi connectivity index (χ2n) is 5.75. The van der Waals surface area contributed by atoms with E-state index >= 15 is 0 Å². The number of halogens is 1. The Morgan fingerprint density at radius 1 is 1.00 bits per heavy atom. The Labute approximate surface area is 168 Å². The van der Waals surface area contributed by atoms with Crippen molar-refractivity contribution in [2.24, 2.45) is 5.10 Å². The highest BCUT2D eigenvalue weighted by atomic mass is 79.9. The van der Waals surface area contributed by atoms with Crippen LogP contribution in [0.2, 0.25) is 0 Å². The van der Waals surface area contributed by atoms with Gasteiger partial charge in [0.05, 0.1) is 16.4 Å². The molecule has 0 spiro atoms. The van der Waals surface area contributed by atoms with Gasteiger partial charge in [-0.15, -0.1) is 0 Å². The first-order valence-electron chi connectivity index (χ1n) is 8.25. The highest BCUT2D eigenvalue weighted by Gasteiger charge is 2.20. The molecule has 0 aliphatic carbocycles. The van der Waals surface area contributed by atoms with Crippen molar-refractivity contribution in [3.63, 3.8) is 0 Å². The Morgan fingerprint density at radius 3 is 2.44 bits per heavy atom. The van der Waals surface area contributed by atoms with Crippen LogP contribution in [-0.4, -0.2) is 17.1 Å². The molecule has 0 N–H and O–H groups in total. The number of thiazole rings is 1. The number of hydrogen-bond acceptors (Lipinski definition) is 4. The lowest BCUT2D eigenvalue weighted by molar-refractivity contribution is 0.0988. The molecule has 0 radical (unpaired) electrons. The smallest absolute Gasteiger partial charge is 0.267 e. The number of benzene rings is 3. The minimum absolute atomic E-state index is 0.221. The molecular weight excluding hydrogens is 422 g/mol. The summed E-state index contributed by atoms with van der Waals surface area (Å²) in [6.45, 7) is 0. The van der Waals surface area contributed by atoms with Crippen molar-refractivity contribution in [1.82, 2.24) is 4.98 Å². The molecule has 1 heterocycles. The highest BCUT2D eigenvalue weighted by Crippen LogP contribution is 2.31. The van der Waals surface area contributed by atoms with Crippen LogP contribution in [0.5, 0.6) is 0 Å². The van der Waals surface area contributed by atoms with Crippen LogP contribution < -0.4 is 5.01 Å². The minimum Gasteiger partial charge on any atom is -0.267 e. The number of hydrogen-bond donors (Lipinski definition) is 0. The van der Waals surface area contributed by atoms with Crippen LogP contribution in [0.1, 0.15) is 15.9 Å². The van der Waals surface area contributed by atoms with Gasteiger partial charge in [0.25, 0.3) is 5.91 Å². The van der Waals surface area contributed by atoms with Gasteiger partial charge in [0, 0.05) is 10.0 Å². The monoisotopic (exact) mass is 435 g/mol. The quantitative estimate of drug-likeness (QED) is 0.303. The molecule has 1 aromatic heterocycles. The zero-order chi connectivity index (χ0) is 18.6. The summed E-state index contributed by atoms with van der Waals surface area (Å²) in [5.74, 6) is -0.221. The van der Waals surface area contributed by atoms with Gasteiger partial charge in [-0.1, -0.05) is 75.8 Å². The SMILES string of the molecule is O=C(c1ccccc1)N(/N=C/c1ccccc1)c1nc2ccc(Br)cc2s1. The van der Waals surface area contributed by atoms with Crippen molar-refractivity contribution in [1.29, 1.82) is 0 Å². The first-order chi connectivity index (χ1) is 13.2. The molecular formula is C21H14BrN3OS. The van der Waals surface area contributed by atoms with Gasteiger partial charge in [0.15, 0.2) is 0 Å². The third kappa shape index (κ3) is 3.97. The topological polar surface area (TPSA) is 45.6 Å². The number of rotatable bonds is 4. The summed E-state index contributed by atoms with van der Waals surface area (Å²) in [7, 11) is 0. The van der Waals surface area contributed by atoms with Crippen molar-refractivity contribution in [3.05, 3.63) is 94.5 Å². The fourth-order valence-corrected chi connectivity index (χ4v) is 4.01. The predicted molar refractivity (Wildman–Crippen MR) is 115 cm³/mol. The van der Waals surface area contributed by atoms with Crippen molar-refractivity contribution in [3.8, 4) is 0 Å². The van der Waals surface area contributed by atoms with E-state index < -0.39 is 0 Å². The van der Waals surface area contributed by atoms with E-state index in [2.05, 4.69) is 26.0 Å². The van der Waals surface area contributed by atoms with Gasteiger partial charge in [-0.2, -0.15) is 10.1 Å². The average Bonchev–Trinajstić information content (AvgIpc) is 3.12. The summed E-state index contributed by atoms with van der Waals surface area (Å²) < 4.78 is 1.96. The van der Waals surface area contributed by atoms with E-state index in [1.165, 1.54) is 16.3 Å². The maximum atomic E-state index is 13.1. The van der Waals surface area contributed by atoms with E-state index in [1.54, 1.807) is 18.3 Å². The number of amides is 1. The number of carbonyl (C=O) groups excluding carboxylic acids is 1. The fraction of sp³-hybridized carbons (Fsp3) is 0. The van der Waals surface area contributed by atoms with Gasteiger partial charge in [0.2, 0.25) is 5.13 Å². The van der Waals surface area contributed by atoms with Gasteiger partial charge in [-0.05, 0) is 35.9 Å². The summed E-state index contributed by atoms with van der Waals surface area (Å²) >= 11 is 4.90.